The van der Waals surface area contributed by atoms with Gasteiger partial charge in [0.15, 0.2) is 0 Å². The van der Waals surface area contributed by atoms with Crippen LogP contribution in [-0.2, 0) is 10.1 Å². The summed E-state index contributed by atoms with van der Waals surface area (Å²) in [4.78, 5) is 0. The predicted octanol–water partition coefficient (Wildman–Crippen LogP) is 4.11. The van der Waals surface area contributed by atoms with Gasteiger partial charge in [0.05, 0.1) is 11.4 Å². The molecule has 0 aromatic heterocycles. The molecule has 0 amide bonds. The van der Waals surface area contributed by atoms with E-state index in [2.05, 4.69) is 13.8 Å². The van der Waals surface area contributed by atoms with E-state index in [9.17, 15) is 18.1 Å². The molecule has 0 saturated heterocycles. The van der Waals surface area contributed by atoms with Gasteiger partial charge in [0, 0.05) is 0 Å². The summed E-state index contributed by atoms with van der Waals surface area (Å²) in [5.41, 5.74) is 0. The Labute approximate surface area is 210 Å². The number of hydrogen-bond acceptors (Lipinski definition) is 4. The molecule has 0 aromatic carbocycles. The largest absolute Gasteiger partial charge is 1.00 e. The molecule has 0 aliphatic heterocycles. The van der Waals surface area contributed by atoms with Gasteiger partial charge in [-0.3, -0.25) is 0 Å². The van der Waals surface area contributed by atoms with Crippen molar-refractivity contribution in [3.8, 4) is 0 Å². The Bertz CT molecular complexity index is 442. The van der Waals surface area contributed by atoms with Crippen molar-refractivity contribution in [3.05, 3.63) is 0 Å². The molecule has 0 aliphatic carbocycles. The zero-order valence-electron chi connectivity index (χ0n) is 20.4. The third-order valence-electron chi connectivity index (χ3n) is 6.00. The van der Waals surface area contributed by atoms with E-state index in [1.165, 1.54) is 70.6 Å². The van der Waals surface area contributed by atoms with E-state index in [4.69, 9.17) is 0 Å². The molecular formula is C24H49NaO4S. The summed E-state index contributed by atoms with van der Waals surface area (Å²) >= 11 is 0. The van der Waals surface area contributed by atoms with Crippen molar-refractivity contribution in [2.24, 2.45) is 0 Å². The Kier molecular flexibility index (Phi) is 25.4. The van der Waals surface area contributed by atoms with Crippen LogP contribution in [0.5, 0.6) is 0 Å². The average molecular weight is 457 g/mol. The first-order chi connectivity index (χ1) is 13.9. The maximum atomic E-state index is 11.5. The van der Waals surface area contributed by atoms with Crippen molar-refractivity contribution in [1.29, 1.82) is 0 Å². The Morgan fingerprint density at radius 2 is 0.900 bits per heavy atom. The van der Waals surface area contributed by atoms with E-state index in [1.807, 2.05) is 0 Å². The molecule has 0 aliphatic rings. The van der Waals surface area contributed by atoms with Crippen LogP contribution in [0.3, 0.4) is 0 Å². The van der Waals surface area contributed by atoms with Crippen molar-refractivity contribution in [2.45, 2.75) is 154 Å². The molecule has 0 aromatic rings. The Morgan fingerprint density at radius 3 is 1.23 bits per heavy atom. The molecule has 4 nitrogen and oxygen atoms in total. The summed E-state index contributed by atoms with van der Waals surface area (Å²) in [6.45, 7) is 4.39. The van der Waals surface area contributed by atoms with Crippen molar-refractivity contribution in [3.63, 3.8) is 0 Å². The van der Waals surface area contributed by atoms with Gasteiger partial charge in [-0.2, -0.15) is 0 Å². The summed E-state index contributed by atoms with van der Waals surface area (Å²) in [5, 5.41) is 9.09. The average Bonchev–Trinajstić information content (AvgIpc) is 2.67. The summed E-state index contributed by atoms with van der Waals surface area (Å²) in [6, 6.07) is 0. The van der Waals surface area contributed by atoms with Gasteiger partial charge in [-0.05, 0) is 12.8 Å². The molecule has 0 saturated carbocycles. The Balaban J connectivity index is 0. The number of rotatable bonds is 22. The van der Waals surface area contributed by atoms with Gasteiger partial charge in [-0.25, -0.2) is 8.42 Å². The first-order valence-corrected chi connectivity index (χ1v) is 14.0. The third-order valence-corrected chi connectivity index (χ3v) is 7.29. The van der Waals surface area contributed by atoms with Crippen molar-refractivity contribution < 1.29 is 47.6 Å². The normalized spacial score (nSPS) is 13.7. The van der Waals surface area contributed by atoms with E-state index in [0.29, 0.717) is 12.8 Å². The summed E-state index contributed by atoms with van der Waals surface area (Å²) < 4.78 is 34.6. The van der Waals surface area contributed by atoms with Crippen LogP contribution in [0.15, 0.2) is 0 Å². The maximum Gasteiger partial charge on any atom is 1.00 e. The van der Waals surface area contributed by atoms with Gasteiger partial charge in [-0.1, -0.05) is 129 Å². The second kappa shape index (κ2) is 23.0. The molecule has 2 atom stereocenters. The number of unbranched alkanes of at least 4 members (excludes halogenated alkanes) is 16. The molecule has 0 spiro atoms. The summed E-state index contributed by atoms with van der Waals surface area (Å²) in [7, 11) is -4.43. The zero-order chi connectivity index (χ0) is 21.8. The molecule has 6 heteroatoms. The van der Waals surface area contributed by atoms with Gasteiger partial charge in [-0.15, -0.1) is 0 Å². The SMILES string of the molecule is CCCCCCCCCCCCCCCC(C(O)CCCCCCC)S(=O)(=O)[O-].[Na+]. The molecule has 0 bridgehead atoms. The second-order valence-electron chi connectivity index (χ2n) is 8.83. The van der Waals surface area contributed by atoms with Crippen LogP contribution in [0.25, 0.3) is 0 Å². The van der Waals surface area contributed by atoms with Crippen LogP contribution >= 0.6 is 0 Å². The molecule has 0 radical (unpaired) electrons. The van der Waals surface area contributed by atoms with E-state index in [0.717, 1.165) is 44.9 Å². The molecule has 0 heterocycles. The van der Waals surface area contributed by atoms with Gasteiger partial charge < -0.3 is 9.66 Å². The molecule has 1 N–H and O–H groups in total. The first-order valence-electron chi connectivity index (χ1n) is 12.6. The van der Waals surface area contributed by atoms with E-state index >= 15 is 0 Å². The fourth-order valence-electron chi connectivity index (χ4n) is 4.04. The molecule has 2 unspecified atom stereocenters. The van der Waals surface area contributed by atoms with Crippen LogP contribution in [0.4, 0.5) is 0 Å². The van der Waals surface area contributed by atoms with E-state index in [-0.39, 0.29) is 29.6 Å². The topological polar surface area (TPSA) is 77.4 Å². The van der Waals surface area contributed by atoms with Crippen LogP contribution in [0.2, 0.25) is 0 Å². The molecular weight excluding hydrogens is 407 g/mol. The molecule has 30 heavy (non-hydrogen) atoms. The standard InChI is InChI=1S/C24H50O4S.Na/c1-3-5-7-9-10-11-12-13-14-15-16-18-20-22-24(29(26,27)28)23(25)21-19-17-8-6-4-2;/h23-25H,3-22H2,1-2H3,(H,26,27,28);/q;+1/p-1. The van der Waals surface area contributed by atoms with Gasteiger partial charge in [0.1, 0.15) is 10.1 Å². The summed E-state index contributed by atoms with van der Waals surface area (Å²) in [6.07, 6.45) is 20.9. The van der Waals surface area contributed by atoms with Crippen LogP contribution in [0, 0.1) is 0 Å². The van der Waals surface area contributed by atoms with E-state index in [1.54, 1.807) is 0 Å². The minimum absolute atomic E-state index is 0. The summed E-state index contributed by atoms with van der Waals surface area (Å²) in [5.74, 6) is 0. The van der Waals surface area contributed by atoms with Crippen molar-refractivity contribution >= 4 is 10.1 Å². The monoisotopic (exact) mass is 456 g/mol. The number of aliphatic hydroxyl groups excluding tert-OH is 1. The van der Waals surface area contributed by atoms with E-state index < -0.39 is 21.5 Å². The minimum Gasteiger partial charge on any atom is -0.748 e. The third kappa shape index (κ3) is 20.8. The number of hydrogen-bond donors (Lipinski definition) is 1. The molecule has 0 rings (SSSR count). The van der Waals surface area contributed by atoms with Gasteiger partial charge >= 0.3 is 29.6 Å². The quantitative estimate of drug-likeness (QED) is 0.151. The van der Waals surface area contributed by atoms with Gasteiger partial charge in [0.25, 0.3) is 0 Å². The fraction of sp³-hybridized carbons (Fsp3) is 1.00. The maximum absolute atomic E-state index is 11.5. The number of aliphatic hydroxyl groups is 1. The predicted molar refractivity (Wildman–Crippen MR) is 123 cm³/mol. The van der Waals surface area contributed by atoms with Crippen molar-refractivity contribution in [2.75, 3.05) is 0 Å². The molecule has 0 fully saturated rings. The van der Waals surface area contributed by atoms with Gasteiger partial charge in [0.2, 0.25) is 0 Å². The van der Waals surface area contributed by atoms with Crippen LogP contribution in [0.1, 0.15) is 142 Å². The minimum atomic E-state index is -4.43. The Hall–Kier alpha value is 0.870. The Morgan fingerprint density at radius 1 is 0.600 bits per heavy atom. The van der Waals surface area contributed by atoms with Crippen LogP contribution in [-0.4, -0.2) is 29.4 Å². The second-order valence-corrected chi connectivity index (χ2v) is 10.4. The van der Waals surface area contributed by atoms with Crippen LogP contribution < -0.4 is 29.6 Å². The fourth-order valence-corrected chi connectivity index (χ4v) is 5.01. The first kappa shape index (κ1) is 33.0. The molecule has 176 valence electrons. The van der Waals surface area contributed by atoms with Crippen molar-refractivity contribution in [1.82, 2.24) is 0 Å². The zero-order valence-corrected chi connectivity index (χ0v) is 23.2. The smallest absolute Gasteiger partial charge is 0.748 e.